The SMILES string of the molecule is COC(=O)C(N)Cc1ccc(OCC2CN(C(CCCN3CCCCC3)C(=N)N)C(=O)O2)cc1. The molecule has 0 bridgehead atoms. The van der Waals surface area contributed by atoms with E-state index < -0.39 is 30.3 Å². The number of amides is 1. The van der Waals surface area contributed by atoms with Crippen molar-refractivity contribution in [3.05, 3.63) is 29.8 Å². The number of rotatable bonds is 12. The predicted molar refractivity (Wildman–Crippen MR) is 128 cm³/mol. The fourth-order valence-corrected chi connectivity index (χ4v) is 4.45. The Morgan fingerprint density at radius 1 is 1.24 bits per heavy atom. The summed E-state index contributed by atoms with van der Waals surface area (Å²) in [6.07, 6.45) is 4.75. The zero-order chi connectivity index (χ0) is 24.5. The maximum Gasteiger partial charge on any atom is 0.410 e. The van der Waals surface area contributed by atoms with Crippen molar-refractivity contribution >= 4 is 17.9 Å². The lowest BCUT2D eigenvalue weighted by Crippen LogP contribution is -2.46. The molecule has 1 aromatic carbocycles. The number of piperidine rings is 1. The van der Waals surface area contributed by atoms with Crippen LogP contribution in [0.5, 0.6) is 5.75 Å². The third kappa shape index (κ3) is 7.33. The Labute approximate surface area is 201 Å². The van der Waals surface area contributed by atoms with Crippen LogP contribution in [0.1, 0.15) is 37.7 Å². The highest BCUT2D eigenvalue weighted by molar-refractivity contribution is 5.87. The first-order valence-corrected chi connectivity index (χ1v) is 12.0. The summed E-state index contributed by atoms with van der Waals surface area (Å²) in [5.74, 6) is 0.149. The molecule has 2 aliphatic rings. The Morgan fingerprint density at radius 2 is 1.94 bits per heavy atom. The van der Waals surface area contributed by atoms with Crippen molar-refractivity contribution in [2.75, 3.05) is 39.9 Å². The summed E-state index contributed by atoms with van der Waals surface area (Å²) in [7, 11) is 1.31. The van der Waals surface area contributed by atoms with Crippen LogP contribution in [0.15, 0.2) is 24.3 Å². The molecule has 0 radical (unpaired) electrons. The molecule has 0 saturated carbocycles. The zero-order valence-electron chi connectivity index (χ0n) is 19.9. The van der Waals surface area contributed by atoms with E-state index in [0.717, 1.165) is 31.6 Å². The van der Waals surface area contributed by atoms with Gasteiger partial charge in [0.15, 0.2) is 6.10 Å². The molecule has 0 spiro atoms. The van der Waals surface area contributed by atoms with Gasteiger partial charge in [-0.15, -0.1) is 0 Å². The van der Waals surface area contributed by atoms with Crippen LogP contribution >= 0.6 is 0 Å². The van der Waals surface area contributed by atoms with Crippen LogP contribution in [0.2, 0.25) is 0 Å². The van der Waals surface area contributed by atoms with Crippen LogP contribution in [-0.2, 0) is 20.7 Å². The number of nitrogens with one attached hydrogen (secondary N) is 1. The first-order valence-electron chi connectivity index (χ1n) is 12.0. The summed E-state index contributed by atoms with van der Waals surface area (Å²) in [4.78, 5) is 27.9. The Kier molecular flexibility index (Phi) is 9.52. The number of methoxy groups -OCH3 is 1. The molecule has 2 aliphatic heterocycles. The summed E-state index contributed by atoms with van der Waals surface area (Å²) >= 11 is 0. The minimum atomic E-state index is -0.713. The third-order valence-corrected chi connectivity index (χ3v) is 6.36. The van der Waals surface area contributed by atoms with E-state index in [9.17, 15) is 9.59 Å². The lowest BCUT2D eigenvalue weighted by atomic mass is 10.1. The van der Waals surface area contributed by atoms with E-state index in [4.69, 9.17) is 26.4 Å². The lowest BCUT2D eigenvalue weighted by molar-refractivity contribution is -0.142. The molecule has 10 heteroatoms. The van der Waals surface area contributed by atoms with Gasteiger partial charge in [0.2, 0.25) is 0 Å². The maximum atomic E-state index is 12.5. The Balaban J connectivity index is 1.45. The number of esters is 1. The molecular formula is C24H37N5O5. The van der Waals surface area contributed by atoms with Gasteiger partial charge in [-0.05, 0) is 69.4 Å². The first-order chi connectivity index (χ1) is 16.4. The number of carbonyl (C=O) groups is 2. The molecule has 1 aromatic rings. The Bertz CT molecular complexity index is 828. The van der Waals surface area contributed by atoms with Crippen molar-refractivity contribution in [2.45, 2.75) is 56.7 Å². The van der Waals surface area contributed by atoms with Crippen molar-refractivity contribution in [1.29, 1.82) is 5.41 Å². The monoisotopic (exact) mass is 475 g/mol. The minimum Gasteiger partial charge on any atom is -0.490 e. The Hall–Kier alpha value is -2.85. The number of hydrogen-bond acceptors (Lipinski definition) is 8. The molecule has 10 nitrogen and oxygen atoms in total. The number of carbonyl (C=O) groups excluding carboxylic acids is 2. The van der Waals surface area contributed by atoms with E-state index in [1.165, 1.54) is 26.4 Å². The average molecular weight is 476 g/mol. The quantitative estimate of drug-likeness (QED) is 0.234. The fourth-order valence-electron chi connectivity index (χ4n) is 4.45. The third-order valence-electron chi connectivity index (χ3n) is 6.36. The van der Waals surface area contributed by atoms with E-state index in [1.807, 2.05) is 12.1 Å². The van der Waals surface area contributed by atoms with Crippen LogP contribution in [0.3, 0.4) is 0 Å². The molecule has 188 valence electrons. The van der Waals surface area contributed by atoms with Crippen LogP contribution in [-0.4, -0.2) is 85.8 Å². The first kappa shape index (κ1) is 25.8. The molecule has 3 rings (SSSR count). The smallest absolute Gasteiger partial charge is 0.410 e. The summed E-state index contributed by atoms with van der Waals surface area (Å²) in [6, 6.07) is 6.06. The van der Waals surface area contributed by atoms with Crippen LogP contribution in [0.25, 0.3) is 0 Å². The number of cyclic esters (lactones) is 1. The topological polar surface area (TPSA) is 144 Å². The number of ether oxygens (including phenoxy) is 3. The highest BCUT2D eigenvalue weighted by atomic mass is 16.6. The van der Waals surface area contributed by atoms with E-state index in [2.05, 4.69) is 9.64 Å². The van der Waals surface area contributed by atoms with Crippen LogP contribution < -0.4 is 16.2 Å². The van der Waals surface area contributed by atoms with Gasteiger partial charge >= 0.3 is 12.1 Å². The number of likely N-dealkylation sites (tertiary alicyclic amines) is 1. The normalized spacial score (nSPS) is 20.5. The minimum absolute atomic E-state index is 0.0158. The zero-order valence-corrected chi connectivity index (χ0v) is 19.9. The van der Waals surface area contributed by atoms with Crippen molar-refractivity contribution < 1.29 is 23.8 Å². The lowest BCUT2D eigenvalue weighted by Gasteiger charge is -2.28. The summed E-state index contributed by atoms with van der Waals surface area (Å²) in [6.45, 7) is 3.73. The van der Waals surface area contributed by atoms with Crippen LogP contribution in [0, 0.1) is 5.41 Å². The van der Waals surface area contributed by atoms with E-state index in [-0.39, 0.29) is 12.4 Å². The van der Waals surface area contributed by atoms with Crippen molar-refractivity contribution in [2.24, 2.45) is 11.5 Å². The van der Waals surface area contributed by atoms with Gasteiger partial charge in [0.25, 0.3) is 0 Å². The van der Waals surface area contributed by atoms with Gasteiger partial charge < -0.3 is 30.6 Å². The second-order valence-electron chi connectivity index (χ2n) is 8.96. The molecule has 0 aliphatic carbocycles. The number of nitrogens with two attached hydrogens (primary N) is 2. The van der Waals surface area contributed by atoms with Gasteiger partial charge in [-0.25, -0.2) is 4.79 Å². The molecular weight excluding hydrogens is 438 g/mol. The number of benzene rings is 1. The average Bonchev–Trinajstić information content (AvgIpc) is 3.21. The molecule has 34 heavy (non-hydrogen) atoms. The van der Waals surface area contributed by atoms with Gasteiger partial charge in [0.05, 0.1) is 19.7 Å². The van der Waals surface area contributed by atoms with Crippen molar-refractivity contribution in [1.82, 2.24) is 9.80 Å². The van der Waals surface area contributed by atoms with Crippen LogP contribution in [0.4, 0.5) is 4.79 Å². The van der Waals surface area contributed by atoms with Gasteiger partial charge in [0, 0.05) is 0 Å². The maximum absolute atomic E-state index is 12.5. The predicted octanol–water partition coefficient (Wildman–Crippen LogP) is 1.50. The molecule has 3 atom stereocenters. The summed E-state index contributed by atoms with van der Waals surface area (Å²) in [5.41, 5.74) is 12.5. The number of hydrogen-bond donors (Lipinski definition) is 3. The van der Waals surface area contributed by atoms with E-state index >= 15 is 0 Å². The van der Waals surface area contributed by atoms with Gasteiger partial charge in [-0.1, -0.05) is 18.6 Å². The second kappa shape index (κ2) is 12.6. The molecule has 2 fully saturated rings. The molecule has 0 aromatic heterocycles. The van der Waals surface area contributed by atoms with Crippen molar-refractivity contribution in [3.8, 4) is 5.75 Å². The molecule has 2 heterocycles. The highest BCUT2D eigenvalue weighted by Crippen LogP contribution is 2.21. The highest BCUT2D eigenvalue weighted by Gasteiger charge is 2.37. The fraction of sp³-hybridized carbons (Fsp3) is 0.625. The summed E-state index contributed by atoms with van der Waals surface area (Å²) in [5, 5.41) is 7.98. The molecule has 5 N–H and O–H groups in total. The van der Waals surface area contributed by atoms with E-state index in [0.29, 0.717) is 25.1 Å². The van der Waals surface area contributed by atoms with E-state index in [1.54, 1.807) is 17.0 Å². The summed E-state index contributed by atoms with van der Waals surface area (Å²) < 4.78 is 15.9. The molecule has 1 amide bonds. The molecule has 2 saturated heterocycles. The standard InChI is InChI=1S/C24H37N5O5/c1-32-23(30)20(25)14-17-7-9-18(10-8-17)33-16-19-15-29(24(31)34-19)21(22(26)27)6-5-13-28-11-3-2-4-12-28/h7-10,19-21H,2-6,11-16,25H2,1H3,(H3,26,27). The second-order valence-corrected chi connectivity index (χ2v) is 8.96. The van der Waals surface area contributed by atoms with Crippen molar-refractivity contribution in [3.63, 3.8) is 0 Å². The van der Waals surface area contributed by atoms with Gasteiger partial charge in [-0.2, -0.15) is 0 Å². The number of nitrogens with zero attached hydrogens (tertiary/aromatic N) is 2. The van der Waals surface area contributed by atoms with Gasteiger partial charge in [-0.3, -0.25) is 15.1 Å². The van der Waals surface area contributed by atoms with Gasteiger partial charge in [0.1, 0.15) is 24.2 Å². The Morgan fingerprint density at radius 3 is 2.59 bits per heavy atom. The molecule has 3 unspecified atom stereocenters. The largest absolute Gasteiger partial charge is 0.490 e. The number of amidine groups is 1.